The van der Waals surface area contributed by atoms with Crippen LogP contribution in [0.5, 0.6) is 0 Å². The number of carbonyl (C=O) groups is 3. The Balaban J connectivity index is 1.77. The number of barbiturate groups is 1. The summed E-state index contributed by atoms with van der Waals surface area (Å²) in [6.45, 7) is 3.80. The average molecular weight is 500 g/mol. The van der Waals surface area contributed by atoms with Crippen molar-refractivity contribution < 1.29 is 14.4 Å². The summed E-state index contributed by atoms with van der Waals surface area (Å²) in [5, 5.41) is 2.78. The number of nitrogens with one attached hydrogen (secondary N) is 1. The highest BCUT2D eigenvalue weighted by Gasteiger charge is 2.37. The van der Waals surface area contributed by atoms with Gasteiger partial charge in [0.05, 0.1) is 16.9 Å². The monoisotopic (exact) mass is 498 g/mol. The Morgan fingerprint density at radius 2 is 1.87 bits per heavy atom. The van der Waals surface area contributed by atoms with E-state index in [1.165, 1.54) is 18.5 Å². The fourth-order valence-electron chi connectivity index (χ4n) is 3.49. The molecule has 0 unspecified atom stereocenters. The number of pyridine rings is 1. The number of hydrogen-bond donors (Lipinski definition) is 1. The molecule has 9 heteroatoms. The van der Waals surface area contributed by atoms with Crippen molar-refractivity contribution in [3.63, 3.8) is 0 Å². The normalized spacial score (nSPS) is 15.5. The van der Waals surface area contributed by atoms with Crippen LogP contribution in [0.2, 0.25) is 5.02 Å². The molecule has 7 nitrogen and oxygen atoms in total. The minimum Gasteiger partial charge on any atom is -0.318 e. The number of aromatic nitrogens is 2. The third-order valence-electron chi connectivity index (χ3n) is 4.94. The lowest BCUT2D eigenvalue weighted by atomic mass is 10.1. The molecule has 1 aromatic carbocycles. The maximum absolute atomic E-state index is 13.0. The van der Waals surface area contributed by atoms with Crippen LogP contribution in [-0.4, -0.2) is 27.4 Å². The van der Waals surface area contributed by atoms with Crippen LogP contribution < -0.4 is 10.2 Å². The number of carbonyl (C=O) groups excluding carboxylic acids is 3. The smallest absolute Gasteiger partial charge is 0.318 e. The van der Waals surface area contributed by atoms with Gasteiger partial charge in [0.1, 0.15) is 5.57 Å². The summed E-state index contributed by atoms with van der Waals surface area (Å²) in [7, 11) is 0. The van der Waals surface area contributed by atoms with Crippen molar-refractivity contribution in [2.45, 2.75) is 13.8 Å². The summed E-state index contributed by atoms with van der Waals surface area (Å²) >= 11 is 9.63. The largest absolute Gasteiger partial charge is 0.336 e. The van der Waals surface area contributed by atoms with Crippen LogP contribution in [0, 0.1) is 13.8 Å². The number of benzene rings is 1. The first-order valence-electron chi connectivity index (χ1n) is 9.24. The lowest BCUT2D eigenvalue weighted by molar-refractivity contribution is -0.122. The van der Waals surface area contributed by atoms with Gasteiger partial charge in [0.2, 0.25) is 0 Å². The fraction of sp³-hybridized carbons (Fsp3) is 0.0909. The van der Waals surface area contributed by atoms with E-state index in [0.29, 0.717) is 10.6 Å². The molecule has 0 atom stereocenters. The highest BCUT2D eigenvalue weighted by atomic mass is 79.9. The van der Waals surface area contributed by atoms with Crippen molar-refractivity contribution in [1.82, 2.24) is 14.9 Å². The van der Waals surface area contributed by atoms with Crippen molar-refractivity contribution in [3.8, 4) is 5.69 Å². The standard InChI is InChI=1S/C22H16BrClN4O3/c1-12-8-14(13(2)27(12)15-5-6-18(23)19(24)10-15)9-17-20(29)26-22(31)28(21(17)30)16-4-3-7-25-11-16/h3-11H,1-2H3,(H,26,29,31)/b17-9+. The molecule has 4 rings (SSSR count). The molecule has 1 N–H and O–H groups in total. The topological polar surface area (TPSA) is 84.3 Å². The van der Waals surface area contributed by atoms with Gasteiger partial charge in [-0.15, -0.1) is 0 Å². The number of halogens is 2. The number of anilines is 1. The van der Waals surface area contributed by atoms with Gasteiger partial charge in [-0.05, 0) is 77.8 Å². The second-order valence-corrected chi connectivity index (χ2v) is 8.19. The number of imide groups is 2. The third-order valence-corrected chi connectivity index (χ3v) is 6.17. The summed E-state index contributed by atoms with van der Waals surface area (Å²) in [6, 6.07) is 9.81. The van der Waals surface area contributed by atoms with Crippen LogP contribution in [0.25, 0.3) is 11.8 Å². The zero-order valence-corrected chi connectivity index (χ0v) is 18.9. The second kappa shape index (κ2) is 8.13. The first kappa shape index (κ1) is 21.0. The predicted octanol–water partition coefficient (Wildman–Crippen LogP) is 4.57. The zero-order valence-electron chi connectivity index (χ0n) is 16.5. The lowest BCUT2D eigenvalue weighted by Gasteiger charge is -2.26. The van der Waals surface area contributed by atoms with E-state index in [1.807, 2.05) is 42.7 Å². The van der Waals surface area contributed by atoms with Gasteiger partial charge < -0.3 is 4.57 Å². The molecule has 2 aromatic heterocycles. The maximum atomic E-state index is 13.0. The van der Waals surface area contributed by atoms with Crippen molar-refractivity contribution in [2.24, 2.45) is 0 Å². The number of amides is 4. The van der Waals surface area contributed by atoms with Crippen LogP contribution in [0.4, 0.5) is 10.5 Å². The zero-order chi connectivity index (χ0) is 22.3. The van der Waals surface area contributed by atoms with Crippen LogP contribution in [0.15, 0.2) is 58.8 Å². The number of nitrogens with zero attached hydrogens (tertiary/aromatic N) is 3. The molecule has 0 bridgehead atoms. The van der Waals surface area contributed by atoms with Gasteiger partial charge in [-0.2, -0.15) is 0 Å². The molecule has 0 spiro atoms. The van der Waals surface area contributed by atoms with E-state index in [1.54, 1.807) is 12.1 Å². The summed E-state index contributed by atoms with van der Waals surface area (Å²) in [4.78, 5) is 42.6. The van der Waals surface area contributed by atoms with Gasteiger partial charge in [0.25, 0.3) is 11.8 Å². The van der Waals surface area contributed by atoms with Gasteiger partial charge in [-0.1, -0.05) is 11.6 Å². The van der Waals surface area contributed by atoms with Gasteiger partial charge in [-0.25, -0.2) is 9.69 Å². The molecule has 1 saturated heterocycles. The molecule has 156 valence electrons. The van der Waals surface area contributed by atoms with Crippen LogP contribution in [-0.2, 0) is 9.59 Å². The third kappa shape index (κ3) is 3.80. The lowest BCUT2D eigenvalue weighted by Crippen LogP contribution is -2.54. The molecule has 1 aliphatic rings. The van der Waals surface area contributed by atoms with Crippen molar-refractivity contribution >= 4 is 57.1 Å². The van der Waals surface area contributed by atoms with E-state index in [-0.39, 0.29) is 11.3 Å². The van der Waals surface area contributed by atoms with Gasteiger partial charge in [-0.3, -0.25) is 19.9 Å². The maximum Gasteiger partial charge on any atom is 0.336 e. The molecule has 1 fully saturated rings. The summed E-state index contributed by atoms with van der Waals surface area (Å²) in [6.07, 6.45) is 4.40. The highest BCUT2D eigenvalue weighted by molar-refractivity contribution is 9.10. The van der Waals surface area contributed by atoms with E-state index in [9.17, 15) is 14.4 Å². The minimum atomic E-state index is -0.810. The van der Waals surface area contributed by atoms with Crippen molar-refractivity contribution in [2.75, 3.05) is 4.90 Å². The summed E-state index contributed by atoms with van der Waals surface area (Å²) < 4.78 is 2.76. The Morgan fingerprint density at radius 3 is 2.55 bits per heavy atom. The molecule has 4 amide bonds. The summed E-state index contributed by atoms with van der Waals surface area (Å²) in [5.74, 6) is -1.45. The molecular formula is C22H16BrClN4O3. The highest BCUT2D eigenvalue weighted by Crippen LogP contribution is 2.29. The number of aryl methyl sites for hydroxylation is 1. The Hall–Kier alpha value is -3.23. The first-order chi connectivity index (χ1) is 14.8. The fourth-order valence-corrected chi connectivity index (χ4v) is 3.91. The Labute approximate surface area is 191 Å². The molecule has 0 saturated carbocycles. The predicted molar refractivity (Wildman–Crippen MR) is 121 cm³/mol. The molecule has 3 heterocycles. The number of rotatable bonds is 3. The SMILES string of the molecule is Cc1cc(/C=C2\C(=O)NC(=O)N(c3cccnc3)C2=O)c(C)n1-c1ccc(Br)c(Cl)c1. The van der Waals surface area contributed by atoms with Gasteiger partial charge in [0.15, 0.2) is 0 Å². The van der Waals surface area contributed by atoms with Gasteiger partial charge in [0, 0.05) is 27.7 Å². The van der Waals surface area contributed by atoms with E-state index >= 15 is 0 Å². The molecule has 1 aliphatic heterocycles. The van der Waals surface area contributed by atoms with Crippen molar-refractivity contribution in [3.05, 3.63) is 80.8 Å². The van der Waals surface area contributed by atoms with Crippen molar-refractivity contribution in [1.29, 1.82) is 0 Å². The Bertz CT molecular complexity index is 1270. The minimum absolute atomic E-state index is 0.141. The van der Waals surface area contributed by atoms with E-state index in [4.69, 9.17) is 11.6 Å². The number of urea groups is 1. The molecule has 31 heavy (non-hydrogen) atoms. The first-order valence-corrected chi connectivity index (χ1v) is 10.4. The molecular weight excluding hydrogens is 484 g/mol. The number of hydrogen-bond acceptors (Lipinski definition) is 4. The average Bonchev–Trinajstić information content (AvgIpc) is 3.01. The summed E-state index contributed by atoms with van der Waals surface area (Å²) in [5.41, 5.74) is 3.37. The van der Waals surface area contributed by atoms with Crippen LogP contribution in [0.3, 0.4) is 0 Å². The second-order valence-electron chi connectivity index (χ2n) is 6.93. The van der Waals surface area contributed by atoms with Crippen LogP contribution in [0.1, 0.15) is 17.0 Å². The molecule has 0 radical (unpaired) electrons. The molecule has 3 aromatic rings. The van der Waals surface area contributed by atoms with E-state index in [0.717, 1.165) is 26.4 Å². The van der Waals surface area contributed by atoms with E-state index in [2.05, 4.69) is 26.2 Å². The molecule has 0 aliphatic carbocycles. The Kier molecular flexibility index (Phi) is 5.51. The Morgan fingerprint density at radius 1 is 1.10 bits per heavy atom. The van der Waals surface area contributed by atoms with Crippen LogP contribution >= 0.6 is 27.5 Å². The quantitative estimate of drug-likeness (QED) is 0.423. The van der Waals surface area contributed by atoms with Gasteiger partial charge >= 0.3 is 6.03 Å². The van der Waals surface area contributed by atoms with E-state index < -0.39 is 17.8 Å².